The Kier molecular flexibility index (Phi) is 7.12. The van der Waals surface area contributed by atoms with Crippen LogP contribution in [0.15, 0.2) is 54.6 Å². The molecule has 2 aliphatic rings. The molecule has 0 aromatic heterocycles. The molecule has 1 spiro atoms. The number of piperidine rings is 1. The number of alkyl halides is 3. The van der Waals surface area contributed by atoms with Crippen LogP contribution in [0.5, 0.6) is 5.75 Å². The molecule has 4 rings (SSSR count). The number of rotatable bonds is 7. The monoisotopic (exact) mass is 511 g/mol. The molecule has 0 radical (unpaired) electrons. The van der Waals surface area contributed by atoms with Crippen molar-refractivity contribution in [3.05, 3.63) is 60.2 Å². The molecular formula is C24H28F3N3O4S. The molecule has 190 valence electrons. The molecule has 1 amide bonds. The first-order valence-electron chi connectivity index (χ1n) is 11.4. The van der Waals surface area contributed by atoms with E-state index < -0.39 is 22.0 Å². The Morgan fingerprint density at radius 2 is 1.57 bits per heavy atom. The lowest BCUT2D eigenvalue weighted by Crippen LogP contribution is -2.50. The Balaban J connectivity index is 1.35. The molecule has 2 aromatic rings. The molecule has 2 fully saturated rings. The zero-order valence-electron chi connectivity index (χ0n) is 19.4. The van der Waals surface area contributed by atoms with Gasteiger partial charge in [0, 0.05) is 38.9 Å². The first-order chi connectivity index (χ1) is 16.5. The molecule has 0 aliphatic carbocycles. The van der Waals surface area contributed by atoms with Crippen LogP contribution in [-0.4, -0.2) is 62.5 Å². The van der Waals surface area contributed by atoms with Crippen molar-refractivity contribution in [3.8, 4) is 5.75 Å². The minimum atomic E-state index is -4.78. The third-order valence-corrected chi connectivity index (χ3v) is 8.84. The third kappa shape index (κ3) is 5.62. The van der Waals surface area contributed by atoms with Crippen LogP contribution in [0, 0.1) is 5.41 Å². The van der Waals surface area contributed by atoms with Gasteiger partial charge in [-0.2, -0.15) is 17.0 Å². The molecule has 2 aliphatic heterocycles. The summed E-state index contributed by atoms with van der Waals surface area (Å²) in [6.45, 7) is 1.28. The highest BCUT2D eigenvalue weighted by atomic mass is 32.2. The van der Waals surface area contributed by atoms with Crippen molar-refractivity contribution in [2.45, 2.75) is 32.0 Å². The van der Waals surface area contributed by atoms with Gasteiger partial charge >= 0.3 is 6.36 Å². The highest BCUT2D eigenvalue weighted by molar-refractivity contribution is 7.86. The lowest BCUT2D eigenvalue weighted by Gasteiger charge is -2.38. The maximum atomic E-state index is 13.3. The van der Waals surface area contributed by atoms with Crippen molar-refractivity contribution in [2.24, 2.45) is 5.41 Å². The van der Waals surface area contributed by atoms with Gasteiger partial charge in [0.05, 0.1) is 5.41 Å². The summed E-state index contributed by atoms with van der Waals surface area (Å²) in [6, 6.07) is 14.9. The number of halogens is 3. The molecule has 11 heteroatoms. The number of carbonyl (C=O) groups is 1. The van der Waals surface area contributed by atoms with Gasteiger partial charge in [-0.1, -0.05) is 30.3 Å². The van der Waals surface area contributed by atoms with E-state index in [1.807, 2.05) is 30.3 Å². The van der Waals surface area contributed by atoms with Crippen molar-refractivity contribution >= 4 is 21.8 Å². The van der Waals surface area contributed by atoms with Crippen molar-refractivity contribution in [2.75, 3.05) is 38.1 Å². The molecule has 0 saturated carbocycles. The lowest BCUT2D eigenvalue weighted by molar-refractivity contribution is -0.274. The molecule has 0 atom stereocenters. The average Bonchev–Trinajstić information content (AvgIpc) is 3.13. The van der Waals surface area contributed by atoms with E-state index in [9.17, 15) is 26.4 Å². The Labute approximate surface area is 203 Å². The van der Waals surface area contributed by atoms with E-state index in [0.29, 0.717) is 44.5 Å². The van der Waals surface area contributed by atoms with E-state index in [1.165, 1.54) is 32.9 Å². The summed E-state index contributed by atoms with van der Waals surface area (Å²) in [5.41, 5.74) is 0.898. The van der Waals surface area contributed by atoms with E-state index in [1.54, 1.807) is 11.9 Å². The van der Waals surface area contributed by atoms with Gasteiger partial charge < -0.3 is 9.64 Å². The van der Waals surface area contributed by atoms with Gasteiger partial charge in [0.15, 0.2) is 0 Å². The van der Waals surface area contributed by atoms with Crippen molar-refractivity contribution in [1.82, 2.24) is 8.61 Å². The highest BCUT2D eigenvalue weighted by Gasteiger charge is 2.50. The summed E-state index contributed by atoms with van der Waals surface area (Å²) < 4.78 is 70.0. The largest absolute Gasteiger partial charge is 0.573 e. The van der Waals surface area contributed by atoms with Crippen molar-refractivity contribution < 1.29 is 31.1 Å². The van der Waals surface area contributed by atoms with E-state index in [0.717, 1.165) is 5.56 Å². The summed E-state index contributed by atoms with van der Waals surface area (Å²) in [5.74, 6) is -0.464. The molecule has 2 heterocycles. The van der Waals surface area contributed by atoms with Crippen LogP contribution >= 0.6 is 0 Å². The maximum Gasteiger partial charge on any atom is 0.573 e. The number of benzene rings is 2. The second kappa shape index (κ2) is 9.79. The summed E-state index contributed by atoms with van der Waals surface area (Å²) in [6.07, 6.45) is -2.79. The maximum absolute atomic E-state index is 13.3. The summed E-state index contributed by atoms with van der Waals surface area (Å²) >= 11 is 0. The van der Waals surface area contributed by atoms with Crippen molar-refractivity contribution in [3.63, 3.8) is 0 Å². The first kappa shape index (κ1) is 25.5. The molecular weight excluding hydrogens is 483 g/mol. The zero-order valence-corrected chi connectivity index (χ0v) is 20.2. The third-order valence-electron chi connectivity index (χ3n) is 6.85. The fourth-order valence-corrected chi connectivity index (χ4v) is 6.11. The number of hydrogen-bond acceptors (Lipinski definition) is 4. The first-order valence-corrected chi connectivity index (χ1v) is 12.8. The number of anilines is 1. The Morgan fingerprint density at radius 1 is 0.971 bits per heavy atom. The molecule has 2 aromatic carbocycles. The zero-order chi connectivity index (χ0) is 25.3. The van der Waals surface area contributed by atoms with Crippen LogP contribution in [0.3, 0.4) is 0 Å². The number of ether oxygens (including phenoxy) is 1. The quantitative estimate of drug-likeness (QED) is 0.567. The van der Waals surface area contributed by atoms with E-state index in [4.69, 9.17) is 0 Å². The minimum Gasteiger partial charge on any atom is -0.406 e. The fourth-order valence-electron chi connectivity index (χ4n) is 4.75. The molecule has 0 unspecified atom stereocenters. The standard InChI is InChI=1S/C24H28F3N3O4S/c1-28(15-11-19-5-3-2-4-6-19)35(32,33)29-16-12-23(13-17-29)14-18-30(22(23)31)20-7-9-21(10-8-20)34-24(25,26)27/h2-10H,11-18H2,1H3. The van der Waals surface area contributed by atoms with Gasteiger partial charge in [0.1, 0.15) is 5.75 Å². The smallest absolute Gasteiger partial charge is 0.406 e. The van der Waals surface area contributed by atoms with Crippen LogP contribution in [0.2, 0.25) is 0 Å². The predicted octanol–water partition coefficient (Wildman–Crippen LogP) is 3.82. The van der Waals surface area contributed by atoms with E-state index in [2.05, 4.69) is 4.74 Å². The van der Waals surface area contributed by atoms with Gasteiger partial charge in [0.2, 0.25) is 5.91 Å². The number of carbonyl (C=O) groups excluding carboxylic acids is 1. The lowest BCUT2D eigenvalue weighted by atomic mass is 9.77. The second-order valence-corrected chi connectivity index (χ2v) is 11.0. The molecule has 35 heavy (non-hydrogen) atoms. The Hall–Kier alpha value is -2.63. The number of amides is 1. The molecule has 7 nitrogen and oxygen atoms in total. The van der Waals surface area contributed by atoms with Crippen LogP contribution < -0.4 is 9.64 Å². The summed E-state index contributed by atoms with van der Waals surface area (Å²) in [7, 11) is -2.08. The number of nitrogens with zero attached hydrogens (tertiary/aromatic N) is 3. The topological polar surface area (TPSA) is 70.2 Å². The number of hydrogen-bond donors (Lipinski definition) is 0. The normalized spacial score (nSPS) is 19.0. The van der Waals surface area contributed by atoms with Gasteiger partial charge in [-0.15, -0.1) is 13.2 Å². The second-order valence-electron chi connectivity index (χ2n) is 8.99. The molecule has 2 saturated heterocycles. The summed E-state index contributed by atoms with van der Waals surface area (Å²) in [5, 5.41) is 0. The van der Waals surface area contributed by atoms with Gasteiger partial charge in [-0.05, 0) is 55.5 Å². The van der Waals surface area contributed by atoms with Crippen LogP contribution in [0.4, 0.5) is 18.9 Å². The number of likely N-dealkylation sites (N-methyl/N-ethyl adjacent to an activating group) is 1. The predicted molar refractivity (Wildman–Crippen MR) is 125 cm³/mol. The Morgan fingerprint density at radius 3 is 2.17 bits per heavy atom. The van der Waals surface area contributed by atoms with Gasteiger partial charge in [0.25, 0.3) is 10.2 Å². The van der Waals surface area contributed by atoms with Gasteiger partial charge in [-0.3, -0.25) is 4.79 Å². The van der Waals surface area contributed by atoms with E-state index >= 15 is 0 Å². The van der Waals surface area contributed by atoms with Crippen LogP contribution in [0.25, 0.3) is 0 Å². The van der Waals surface area contributed by atoms with E-state index in [-0.39, 0.29) is 24.7 Å². The molecule has 0 bridgehead atoms. The Bertz CT molecular complexity index is 1130. The van der Waals surface area contributed by atoms with Gasteiger partial charge in [-0.25, -0.2) is 0 Å². The summed E-state index contributed by atoms with van der Waals surface area (Å²) in [4.78, 5) is 14.8. The van der Waals surface area contributed by atoms with Crippen LogP contribution in [-0.2, 0) is 21.4 Å². The average molecular weight is 512 g/mol. The minimum absolute atomic E-state index is 0.114. The van der Waals surface area contributed by atoms with Crippen molar-refractivity contribution in [1.29, 1.82) is 0 Å². The fraction of sp³-hybridized carbons (Fsp3) is 0.458. The van der Waals surface area contributed by atoms with Crippen LogP contribution in [0.1, 0.15) is 24.8 Å². The molecule has 0 N–H and O–H groups in total. The SMILES string of the molecule is CN(CCc1ccccc1)S(=O)(=O)N1CCC2(CCN(c3ccc(OC(F)(F)F)cc3)C2=O)CC1. The highest BCUT2D eigenvalue weighted by Crippen LogP contribution is 2.44.